The van der Waals surface area contributed by atoms with Gasteiger partial charge in [-0.15, -0.1) is 0 Å². The lowest BCUT2D eigenvalue weighted by Gasteiger charge is -2.33. The molecule has 1 saturated carbocycles. The van der Waals surface area contributed by atoms with E-state index in [4.69, 9.17) is 17.3 Å². The Morgan fingerprint density at radius 2 is 2.19 bits per heavy atom. The highest BCUT2D eigenvalue weighted by atomic mass is 35.5. The van der Waals surface area contributed by atoms with Gasteiger partial charge in [-0.1, -0.05) is 11.6 Å². The third kappa shape index (κ3) is 3.50. The van der Waals surface area contributed by atoms with Crippen LogP contribution in [0.3, 0.4) is 0 Å². The van der Waals surface area contributed by atoms with Crippen LogP contribution in [0, 0.1) is 5.92 Å². The first kappa shape index (κ1) is 14.7. The molecule has 2 aliphatic rings. The van der Waals surface area contributed by atoms with Crippen LogP contribution in [0.4, 0.5) is 5.69 Å². The van der Waals surface area contributed by atoms with E-state index in [0.717, 1.165) is 25.3 Å². The number of nitrogens with one attached hydrogen (secondary N) is 1. The molecule has 3 N–H and O–H groups in total. The van der Waals surface area contributed by atoms with Gasteiger partial charge in [-0.3, -0.25) is 4.79 Å². The van der Waals surface area contributed by atoms with E-state index in [2.05, 4.69) is 10.2 Å². The minimum absolute atomic E-state index is 0.380. The van der Waals surface area contributed by atoms with Crippen molar-refractivity contribution in [1.29, 1.82) is 0 Å². The van der Waals surface area contributed by atoms with Crippen molar-refractivity contribution in [2.45, 2.75) is 31.7 Å². The van der Waals surface area contributed by atoms with Crippen LogP contribution in [-0.4, -0.2) is 31.6 Å². The van der Waals surface area contributed by atoms with Crippen molar-refractivity contribution in [2.75, 3.05) is 24.5 Å². The lowest BCUT2D eigenvalue weighted by atomic mass is 9.98. The zero-order valence-corrected chi connectivity index (χ0v) is 12.9. The fourth-order valence-corrected chi connectivity index (χ4v) is 3.31. The van der Waals surface area contributed by atoms with Gasteiger partial charge in [0.25, 0.3) is 5.91 Å². The van der Waals surface area contributed by atoms with Crippen molar-refractivity contribution in [1.82, 2.24) is 5.32 Å². The van der Waals surface area contributed by atoms with Crippen LogP contribution in [0.2, 0.25) is 5.02 Å². The summed E-state index contributed by atoms with van der Waals surface area (Å²) in [7, 11) is 0. The van der Waals surface area contributed by atoms with Gasteiger partial charge in [-0.2, -0.15) is 0 Å². The van der Waals surface area contributed by atoms with E-state index in [1.165, 1.54) is 25.7 Å². The number of hydrogen-bond donors (Lipinski definition) is 2. The van der Waals surface area contributed by atoms with E-state index in [1.807, 2.05) is 6.07 Å². The molecule has 0 bridgehead atoms. The Bertz CT molecular complexity index is 524. The van der Waals surface area contributed by atoms with Gasteiger partial charge in [-0.25, -0.2) is 0 Å². The van der Waals surface area contributed by atoms with Gasteiger partial charge in [0.05, 0.1) is 11.3 Å². The maximum absolute atomic E-state index is 11.7. The zero-order chi connectivity index (χ0) is 14.8. The van der Waals surface area contributed by atoms with Crippen LogP contribution in [0.1, 0.15) is 36.0 Å². The van der Waals surface area contributed by atoms with Gasteiger partial charge in [0, 0.05) is 17.6 Å². The number of rotatable bonds is 5. The summed E-state index contributed by atoms with van der Waals surface area (Å²) in [5.41, 5.74) is 7.02. The van der Waals surface area contributed by atoms with Gasteiger partial charge in [0.15, 0.2) is 0 Å². The van der Waals surface area contributed by atoms with E-state index in [1.54, 1.807) is 12.1 Å². The number of primary amides is 1. The van der Waals surface area contributed by atoms with Crippen molar-refractivity contribution < 1.29 is 4.79 Å². The van der Waals surface area contributed by atoms with E-state index >= 15 is 0 Å². The third-order valence-corrected chi connectivity index (χ3v) is 4.61. The lowest BCUT2D eigenvalue weighted by Crippen LogP contribution is -2.40. The molecule has 1 heterocycles. The summed E-state index contributed by atoms with van der Waals surface area (Å²) in [5, 5.41) is 4.11. The molecule has 1 atom stereocenters. The molecular weight excluding hydrogens is 286 g/mol. The molecule has 3 rings (SSSR count). The molecular formula is C16H22ClN3O. The number of hydrogen-bond acceptors (Lipinski definition) is 3. The first-order valence-electron chi connectivity index (χ1n) is 7.72. The molecule has 5 heteroatoms. The Balaban J connectivity index is 1.86. The monoisotopic (exact) mass is 307 g/mol. The second kappa shape index (κ2) is 6.24. The van der Waals surface area contributed by atoms with Gasteiger partial charge in [-0.05, 0) is 62.9 Å². The van der Waals surface area contributed by atoms with Gasteiger partial charge in [0.2, 0.25) is 0 Å². The smallest absolute Gasteiger partial charge is 0.250 e. The molecule has 1 saturated heterocycles. The third-order valence-electron chi connectivity index (χ3n) is 4.38. The van der Waals surface area contributed by atoms with Crippen molar-refractivity contribution in [3.8, 4) is 0 Å². The normalized spacial score (nSPS) is 22.0. The highest BCUT2D eigenvalue weighted by molar-refractivity contribution is 6.31. The number of nitrogens with two attached hydrogens (primary N) is 1. The number of carbonyl (C=O) groups excluding carboxylic acids is 1. The molecule has 1 aromatic rings. The van der Waals surface area contributed by atoms with Crippen LogP contribution in [0.25, 0.3) is 0 Å². The number of benzene rings is 1. The molecule has 1 aromatic carbocycles. The fraction of sp³-hybridized carbons (Fsp3) is 0.562. The van der Waals surface area contributed by atoms with Crippen LogP contribution in [0.15, 0.2) is 18.2 Å². The maximum Gasteiger partial charge on any atom is 0.250 e. The SMILES string of the molecule is NC(=O)c1ccc(Cl)cc1N(CC1CCCNC1)C1CC1. The molecule has 1 aliphatic heterocycles. The fourth-order valence-electron chi connectivity index (χ4n) is 3.14. The maximum atomic E-state index is 11.7. The molecule has 1 aliphatic carbocycles. The number of anilines is 1. The van der Waals surface area contributed by atoms with E-state index < -0.39 is 0 Å². The van der Waals surface area contributed by atoms with Crippen molar-refractivity contribution >= 4 is 23.2 Å². The molecule has 4 nitrogen and oxygen atoms in total. The topological polar surface area (TPSA) is 58.4 Å². The zero-order valence-electron chi connectivity index (χ0n) is 12.1. The summed E-state index contributed by atoms with van der Waals surface area (Å²) >= 11 is 6.14. The minimum Gasteiger partial charge on any atom is -0.368 e. The van der Waals surface area contributed by atoms with Gasteiger partial charge in [0.1, 0.15) is 0 Å². The van der Waals surface area contributed by atoms with Crippen LogP contribution >= 0.6 is 11.6 Å². The number of amides is 1. The molecule has 114 valence electrons. The van der Waals surface area contributed by atoms with E-state index in [0.29, 0.717) is 22.5 Å². The molecule has 0 radical (unpaired) electrons. The summed E-state index contributed by atoms with van der Waals surface area (Å²) in [5.74, 6) is 0.244. The predicted molar refractivity (Wildman–Crippen MR) is 85.9 cm³/mol. The highest BCUT2D eigenvalue weighted by Crippen LogP contribution is 2.36. The quantitative estimate of drug-likeness (QED) is 0.878. The molecule has 0 aromatic heterocycles. The summed E-state index contributed by atoms with van der Waals surface area (Å²) in [6.07, 6.45) is 4.83. The van der Waals surface area contributed by atoms with Crippen LogP contribution < -0.4 is 16.0 Å². The van der Waals surface area contributed by atoms with E-state index in [-0.39, 0.29) is 5.91 Å². The number of nitrogens with zero attached hydrogens (tertiary/aromatic N) is 1. The van der Waals surface area contributed by atoms with Crippen molar-refractivity contribution in [3.05, 3.63) is 28.8 Å². The minimum atomic E-state index is -0.380. The Hall–Kier alpha value is -1.26. The Morgan fingerprint density at radius 1 is 1.38 bits per heavy atom. The molecule has 1 unspecified atom stereocenters. The summed E-state index contributed by atoms with van der Waals surface area (Å²) < 4.78 is 0. The average Bonchev–Trinajstić information content (AvgIpc) is 3.30. The first-order chi connectivity index (χ1) is 10.1. The van der Waals surface area contributed by atoms with Crippen molar-refractivity contribution in [2.24, 2.45) is 11.7 Å². The Kier molecular flexibility index (Phi) is 4.36. The van der Waals surface area contributed by atoms with E-state index in [9.17, 15) is 4.79 Å². The van der Waals surface area contributed by atoms with Gasteiger partial charge < -0.3 is 16.0 Å². The first-order valence-corrected chi connectivity index (χ1v) is 8.09. The number of piperidine rings is 1. The van der Waals surface area contributed by atoms with Crippen LogP contribution in [-0.2, 0) is 0 Å². The molecule has 0 spiro atoms. The Labute approximate surface area is 130 Å². The summed E-state index contributed by atoms with van der Waals surface area (Å²) in [6.45, 7) is 3.14. The lowest BCUT2D eigenvalue weighted by molar-refractivity contribution is 0.100. The van der Waals surface area contributed by atoms with Gasteiger partial charge >= 0.3 is 0 Å². The predicted octanol–water partition coefficient (Wildman–Crippen LogP) is 2.41. The second-order valence-electron chi connectivity index (χ2n) is 6.12. The summed E-state index contributed by atoms with van der Waals surface area (Å²) in [4.78, 5) is 14.1. The highest BCUT2D eigenvalue weighted by Gasteiger charge is 2.33. The number of carbonyl (C=O) groups is 1. The molecule has 21 heavy (non-hydrogen) atoms. The second-order valence-corrected chi connectivity index (χ2v) is 6.56. The molecule has 2 fully saturated rings. The average molecular weight is 308 g/mol. The Morgan fingerprint density at radius 3 is 2.81 bits per heavy atom. The largest absolute Gasteiger partial charge is 0.368 e. The van der Waals surface area contributed by atoms with Crippen LogP contribution in [0.5, 0.6) is 0 Å². The standard InChI is InChI=1S/C16H22ClN3O/c17-12-3-6-14(16(18)21)15(8-12)20(13-4-5-13)10-11-2-1-7-19-9-11/h3,6,8,11,13,19H,1-2,4-5,7,9-10H2,(H2,18,21). The molecule has 1 amide bonds. The summed E-state index contributed by atoms with van der Waals surface area (Å²) in [6, 6.07) is 5.90. The number of halogens is 1. The van der Waals surface area contributed by atoms with Crippen molar-refractivity contribution in [3.63, 3.8) is 0 Å².